The molecule has 1 aliphatic rings. The standard InChI is InChI=1S/C11H15N3O2/c1-8-3-2-4-10(8)13-11-7-9(14(15)16)5-6-12-11/h5-8,10H,2-4H2,1H3,(H,12,13). The fourth-order valence-electron chi connectivity index (χ4n) is 2.16. The molecule has 2 unspecified atom stereocenters. The van der Waals surface area contributed by atoms with Crippen LogP contribution in [0.25, 0.3) is 0 Å². The van der Waals surface area contributed by atoms with Crippen molar-refractivity contribution in [3.63, 3.8) is 0 Å². The molecule has 0 aromatic carbocycles. The van der Waals surface area contributed by atoms with Crippen LogP contribution in [-0.4, -0.2) is 15.9 Å². The summed E-state index contributed by atoms with van der Waals surface area (Å²) in [6.45, 7) is 2.20. The van der Waals surface area contributed by atoms with Crippen LogP contribution in [0.4, 0.5) is 11.5 Å². The number of aromatic nitrogens is 1. The van der Waals surface area contributed by atoms with Crippen molar-refractivity contribution in [1.82, 2.24) is 4.98 Å². The van der Waals surface area contributed by atoms with E-state index in [0.717, 1.165) is 6.42 Å². The highest BCUT2D eigenvalue weighted by molar-refractivity contribution is 5.45. The van der Waals surface area contributed by atoms with E-state index in [9.17, 15) is 10.1 Å². The van der Waals surface area contributed by atoms with Crippen LogP contribution >= 0.6 is 0 Å². The van der Waals surface area contributed by atoms with Crippen LogP contribution in [0.5, 0.6) is 0 Å². The number of nitrogens with one attached hydrogen (secondary N) is 1. The van der Waals surface area contributed by atoms with Crippen LogP contribution in [0.3, 0.4) is 0 Å². The topological polar surface area (TPSA) is 68.1 Å². The Kier molecular flexibility index (Phi) is 3.03. The van der Waals surface area contributed by atoms with E-state index in [1.54, 1.807) is 0 Å². The van der Waals surface area contributed by atoms with Crippen LogP contribution in [0.2, 0.25) is 0 Å². The molecule has 2 rings (SSSR count). The minimum atomic E-state index is -0.398. The second-order valence-corrected chi connectivity index (χ2v) is 4.32. The molecule has 0 spiro atoms. The van der Waals surface area contributed by atoms with Crippen molar-refractivity contribution < 1.29 is 4.92 Å². The molecule has 0 amide bonds. The summed E-state index contributed by atoms with van der Waals surface area (Å²) >= 11 is 0. The van der Waals surface area contributed by atoms with Gasteiger partial charge in [-0.25, -0.2) is 4.98 Å². The van der Waals surface area contributed by atoms with Gasteiger partial charge in [-0.2, -0.15) is 0 Å². The number of hydrogen-bond donors (Lipinski definition) is 1. The number of anilines is 1. The van der Waals surface area contributed by atoms with Gasteiger partial charge in [0.05, 0.1) is 11.0 Å². The van der Waals surface area contributed by atoms with Gasteiger partial charge in [-0.05, 0) is 18.8 Å². The highest BCUT2D eigenvalue weighted by atomic mass is 16.6. The largest absolute Gasteiger partial charge is 0.367 e. The van der Waals surface area contributed by atoms with E-state index >= 15 is 0 Å². The van der Waals surface area contributed by atoms with Crippen LogP contribution in [0, 0.1) is 16.0 Å². The zero-order valence-corrected chi connectivity index (χ0v) is 9.22. The van der Waals surface area contributed by atoms with Crippen LogP contribution in [0.1, 0.15) is 26.2 Å². The van der Waals surface area contributed by atoms with Gasteiger partial charge in [0.15, 0.2) is 0 Å². The normalized spacial score (nSPS) is 24.3. The molecule has 1 N–H and O–H groups in total. The van der Waals surface area contributed by atoms with E-state index in [1.807, 2.05) is 0 Å². The molecule has 1 saturated carbocycles. The van der Waals surface area contributed by atoms with Crippen molar-refractivity contribution in [3.8, 4) is 0 Å². The summed E-state index contributed by atoms with van der Waals surface area (Å²) < 4.78 is 0. The lowest BCUT2D eigenvalue weighted by molar-refractivity contribution is -0.384. The summed E-state index contributed by atoms with van der Waals surface area (Å²) in [5.74, 6) is 1.22. The maximum atomic E-state index is 10.6. The number of nitrogens with zero attached hydrogens (tertiary/aromatic N) is 2. The minimum absolute atomic E-state index is 0.0863. The van der Waals surface area contributed by atoms with Crippen molar-refractivity contribution in [2.24, 2.45) is 5.92 Å². The Bertz CT molecular complexity index is 395. The summed E-state index contributed by atoms with van der Waals surface area (Å²) in [5, 5.41) is 13.9. The first kappa shape index (κ1) is 10.9. The van der Waals surface area contributed by atoms with E-state index in [2.05, 4.69) is 17.2 Å². The Labute approximate surface area is 94.0 Å². The third-order valence-electron chi connectivity index (χ3n) is 3.15. The lowest BCUT2D eigenvalue weighted by Gasteiger charge is -2.17. The first-order chi connectivity index (χ1) is 7.66. The van der Waals surface area contributed by atoms with E-state index in [4.69, 9.17) is 0 Å². The predicted molar refractivity (Wildman–Crippen MR) is 61.3 cm³/mol. The number of pyridine rings is 1. The molecule has 16 heavy (non-hydrogen) atoms. The minimum Gasteiger partial charge on any atom is -0.367 e. The van der Waals surface area contributed by atoms with Gasteiger partial charge in [0.25, 0.3) is 5.69 Å². The van der Waals surface area contributed by atoms with Gasteiger partial charge in [-0.1, -0.05) is 13.3 Å². The monoisotopic (exact) mass is 221 g/mol. The van der Waals surface area contributed by atoms with Gasteiger partial charge >= 0.3 is 0 Å². The molecular formula is C11H15N3O2. The smallest absolute Gasteiger partial charge is 0.274 e. The molecule has 5 heteroatoms. The SMILES string of the molecule is CC1CCCC1Nc1cc([N+](=O)[O-])ccn1. The van der Waals surface area contributed by atoms with Crippen molar-refractivity contribution in [2.75, 3.05) is 5.32 Å². The summed E-state index contributed by atoms with van der Waals surface area (Å²) in [7, 11) is 0. The molecule has 0 radical (unpaired) electrons. The average molecular weight is 221 g/mol. The van der Waals surface area contributed by atoms with E-state index in [-0.39, 0.29) is 5.69 Å². The maximum absolute atomic E-state index is 10.6. The van der Waals surface area contributed by atoms with Gasteiger partial charge in [0.2, 0.25) is 0 Å². The van der Waals surface area contributed by atoms with Crippen molar-refractivity contribution in [1.29, 1.82) is 0 Å². The first-order valence-electron chi connectivity index (χ1n) is 5.54. The molecule has 1 fully saturated rings. The fraction of sp³-hybridized carbons (Fsp3) is 0.545. The summed E-state index contributed by atoms with van der Waals surface area (Å²) in [4.78, 5) is 14.3. The van der Waals surface area contributed by atoms with Gasteiger partial charge in [-0.15, -0.1) is 0 Å². The third kappa shape index (κ3) is 2.29. The van der Waals surface area contributed by atoms with Crippen molar-refractivity contribution >= 4 is 11.5 Å². The Balaban J connectivity index is 2.09. The Morgan fingerprint density at radius 2 is 2.38 bits per heavy atom. The number of hydrogen-bond acceptors (Lipinski definition) is 4. The molecule has 0 aliphatic heterocycles. The lowest BCUT2D eigenvalue weighted by Crippen LogP contribution is -2.22. The van der Waals surface area contributed by atoms with Crippen molar-refractivity contribution in [2.45, 2.75) is 32.2 Å². The Morgan fingerprint density at radius 3 is 3.00 bits per heavy atom. The molecular weight excluding hydrogens is 206 g/mol. The highest BCUT2D eigenvalue weighted by Crippen LogP contribution is 2.28. The molecule has 5 nitrogen and oxygen atoms in total. The summed E-state index contributed by atoms with van der Waals surface area (Å²) in [5.41, 5.74) is 0.0863. The number of nitro groups is 1. The van der Waals surface area contributed by atoms with E-state index in [1.165, 1.54) is 31.2 Å². The first-order valence-corrected chi connectivity index (χ1v) is 5.54. The van der Waals surface area contributed by atoms with E-state index < -0.39 is 4.92 Å². The quantitative estimate of drug-likeness (QED) is 0.629. The summed E-state index contributed by atoms with van der Waals surface area (Å²) in [6.07, 6.45) is 5.02. The van der Waals surface area contributed by atoms with Gasteiger partial charge in [0.1, 0.15) is 5.82 Å². The van der Waals surface area contributed by atoms with Crippen LogP contribution in [0.15, 0.2) is 18.3 Å². The molecule has 2 atom stereocenters. The lowest BCUT2D eigenvalue weighted by atomic mass is 10.1. The Hall–Kier alpha value is -1.65. The fourth-order valence-corrected chi connectivity index (χ4v) is 2.16. The zero-order chi connectivity index (χ0) is 11.5. The molecule has 0 bridgehead atoms. The van der Waals surface area contributed by atoms with Crippen LogP contribution < -0.4 is 5.32 Å². The highest BCUT2D eigenvalue weighted by Gasteiger charge is 2.23. The zero-order valence-electron chi connectivity index (χ0n) is 9.22. The van der Waals surface area contributed by atoms with Gasteiger partial charge < -0.3 is 5.32 Å². The summed E-state index contributed by atoms with van der Waals surface area (Å²) in [6, 6.07) is 3.29. The van der Waals surface area contributed by atoms with Crippen LogP contribution in [-0.2, 0) is 0 Å². The Morgan fingerprint density at radius 1 is 1.56 bits per heavy atom. The number of rotatable bonds is 3. The molecule has 0 saturated heterocycles. The van der Waals surface area contributed by atoms with Gasteiger partial charge in [-0.3, -0.25) is 10.1 Å². The third-order valence-corrected chi connectivity index (χ3v) is 3.15. The average Bonchev–Trinajstić information content (AvgIpc) is 2.65. The molecule has 1 heterocycles. The molecule has 1 aliphatic carbocycles. The van der Waals surface area contributed by atoms with Gasteiger partial charge in [0, 0.05) is 18.3 Å². The maximum Gasteiger partial charge on any atom is 0.274 e. The second-order valence-electron chi connectivity index (χ2n) is 4.32. The molecule has 86 valence electrons. The molecule has 1 aromatic rings. The second kappa shape index (κ2) is 4.47. The van der Waals surface area contributed by atoms with Crippen molar-refractivity contribution in [3.05, 3.63) is 28.4 Å². The molecule has 1 aromatic heterocycles. The van der Waals surface area contributed by atoms with E-state index in [0.29, 0.717) is 17.8 Å². The predicted octanol–water partition coefficient (Wildman–Crippen LogP) is 2.59.